The number of imide groups is 1. The van der Waals surface area contributed by atoms with Crippen LogP contribution in [-0.4, -0.2) is 34.3 Å². The van der Waals surface area contributed by atoms with Gasteiger partial charge in [-0.25, -0.2) is 9.59 Å². The number of hydrogen-bond acceptors (Lipinski definition) is 6. The quantitative estimate of drug-likeness (QED) is 0.460. The maximum Gasteiger partial charge on any atom is 0.338 e. The summed E-state index contributed by atoms with van der Waals surface area (Å²) >= 11 is 0. The highest BCUT2D eigenvalue weighted by atomic mass is 16.6. The monoisotopic (exact) mass is 409 g/mol. The van der Waals surface area contributed by atoms with E-state index in [-0.39, 0.29) is 29.1 Å². The summed E-state index contributed by atoms with van der Waals surface area (Å²) in [7, 11) is 0. The van der Waals surface area contributed by atoms with Crippen LogP contribution in [0.2, 0.25) is 0 Å². The number of amides is 3. The van der Waals surface area contributed by atoms with Crippen LogP contribution in [0.1, 0.15) is 31.0 Å². The van der Waals surface area contributed by atoms with Crippen LogP contribution in [0.25, 0.3) is 5.70 Å². The molecule has 9 nitrogen and oxygen atoms in total. The SMILES string of the molecule is CCOC(=O)C1=C(c2ccccc2)NC(=O)N(C(C)=O)[C@H]1c1cccc([N+](=O)[O-])c1. The number of nitro benzene ring substituents is 1. The van der Waals surface area contributed by atoms with E-state index in [4.69, 9.17) is 4.74 Å². The van der Waals surface area contributed by atoms with Gasteiger partial charge in [0.2, 0.25) is 5.91 Å². The van der Waals surface area contributed by atoms with Gasteiger partial charge in [0.05, 0.1) is 22.8 Å². The van der Waals surface area contributed by atoms with Crippen LogP contribution in [-0.2, 0) is 14.3 Å². The number of nitro groups is 1. The lowest BCUT2D eigenvalue weighted by molar-refractivity contribution is -0.384. The zero-order chi connectivity index (χ0) is 21.8. The molecule has 0 saturated carbocycles. The van der Waals surface area contributed by atoms with Crippen LogP contribution < -0.4 is 5.32 Å². The van der Waals surface area contributed by atoms with Crippen molar-refractivity contribution in [1.29, 1.82) is 0 Å². The fourth-order valence-electron chi connectivity index (χ4n) is 3.32. The Morgan fingerprint density at radius 2 is 1.87 bits per heavy atom. The van der Waals surface area contributed by atoms with E-state index in [1.807, 2.05) is 0 Å². The first-order valence-electron chi connectivity index (χ1n) is 9.17. The molecule has 3 rings (SSSR count). The number of carbonyl (C=O) groups is 3. The first kappa shape index (κ1) is 20.7. The molecule has 2 aromatic carbocycles. The summed E-state index contributed by atoms with van der Waals surface area (Å²) in [4.78, 5) is 49.6. The van der Waals surface area contributed by atoms with Crippen molar-refractivity contribution < 1.29 is 24.0 Å². The molecule has 2 aromatic rings. The molecule has 1 N–H and O–H groups in total. The zero-order valence-corrected chi connectivity index (χ0v) is 16.3. The van der Waals surface area contributed by atoms with Gasteiger partial charge in [0.1, 0.15) is 6.04 Å². The summed E-state index contributed by atoms with van der Waals surface area (Å²) in [5.41, 5.74) is 0.746. The van der Waals surface area contributed by atoms with Crippen LogP contribution in [0.3, 0.4) is 0 Å². The molecule has 30 heavy (non-hydrogen) atoms. The fraction of sp³-hybridized carbons (Fsp3) is 0.190. The van der Waals surface area contributed by atoms with Gasteiger partial charge in [0.15, 0.2) is 0 Å². The van der Waals surface area contributed by atoms with Crippen LogP contribution in [0.4, 0.5) is 10.5 Å². The van der Waals surface area contributed by atoms with E-state index in [0.717, 1.165) is 4.90 Å². The maximum absolute atomic E-state index is 13.0. The molecule has 0 unspecified atom stereocenters. The van der Waals surface area contributed by atoms with E-state index in [2.05, 4.69) is 5.32 Å². The minimum absolute atomic E-state index is 0.0124. The van der Waals surface area contributed by atoms with E-state index in [9.17, 15) is 24.5 Å². The fourth-order valence-corrected chi connectivity index (χ4v) is 3.32. The Labute approximate surface area is 172 Å². The normalized spacial score (nSPS) is 16.1. The minimum atomic E-state index is -1.19. The van der Waals surface area contributed by atoms with Gasteiger partial charge >= 0.3 is 12.0 Å². The zero-order valence-electron chi connectivity index (χ0n) is 16.3. The highest BCUT2D eigenvalue weighted by Crippen LogP contribution is 2.38. The minimum Gasteiger partial charge on any atom is -0.463 e. The lowest BCUT2D eigenvalue weighted by Crippen LogP contribution is -2.50. The maximum atomic E-state index is 13.0. The standard InChI is InChI=1S/C21H19N3O6/c1-3-30-20(26)17-18(14-8-5-4-6-9-14)22-21(27)23(13(2)25)19(17)15-10-7-11-16(12-15)24(28)29/h4-12,19H,3H2,1-2H3,(H,22,27)/t19-/m0/s1. The molecule has 0 aromatic heterocycles. The Morgan fingerprint density at radius 1 is 1.17 bits per heavy atom. The Bertz CT molecular complexity index is 1050. The van der Waals surface area contributed by atoms with Gasteiger partial charge in [-0.15, -0.1) is 0 Å². The van der Waals surface area contributed by atoms with Gasteiger partial charge < -0.3 is 10.1 Å². The van der Waals surface area contributed by atoms with Crippen molar-refractivity contribution in [3.8, 4) is 0 Å². The molecule has 0 spiro atoms. The van der Waals surface area contributed by atoms with Crippen molar-refractivity contribution in [2.45, 2.75) is 19.9 Å². The topological polar surface area (TPSA) is 119 Å². The lowest BCUT2D eigenvalue weighted by Gasteiger charge is -2.36. The molecule has 1 atom stereocenters. The molecule has 1 aliphatic heterocycles. The molecule has 0 saturated heterocycles. The van der Waals surface area contributed by atoms with Crippen LogP contribution in [0, 0.1) is 10.1 Å². The lowest BCUT2D eigenvalue weighted by atomic mass is 9.91. The Morgan fingerprint density at radius 3 is 2.47 bits per heavy atom. The molecule has 1 aliphatic rings. The summed E-state index contributed by atoms with van der Waals surface area (Å²) in [6.07, 6.45) is 0. The van der Waals surface area contributed by atoms with E-state index in [0.29, 0.717) is 5.56 Å². The second kappa shape index (κ2) is 8.56. The summed E-state index contributed by atoms with van der Waals surface area (Å²) in [5.74, 6) is -1.36. The number of nitrogens with one attached hydrogen (secondary N) is 1. The number of carbonyl (C=O) groups excluding carboxylic acids is 3. The average molecular weight is 409 g/mol. The number of ether oxygens (including phenoxy) is 1. The number of rotatable bonds is 5. The molecule has 0 aliphatic carbocycles. The largest absolute Gasteiger partial charge is 0.463 e. The number of urea groups is 1. The van der Waals surface area contributed by atoms with E-state index in [1.54, 1.807) is 37.3 Å². The summed E-state index contributed by atoms with van der Waals surface area (Å²) < 4.78 is 5.21. The van der Waals surface area contributed by atoms with Crippen molar-refractivity contribution in [2.75, 3.05) is 6.61 Å². The van der Waals surface area contributed by atoms with Gasteiger partial charge in [0.25, 0.3) is 5.69 Å². The van der Waals surface area contributed by atoms with Gasteiger partial charge in [0, 0.05) is 19.1 Å². The van der Waals surface area contributed by atoms with Crippen molar-refractivity contribution in [3.05, 3.63) is 81.4 Å². The van der Waals surface area contributed by atoms with Crippen LogP contribution >= 0.6 is 0 Å². The van der Waals surface area contributed by atoms with Crippen LogP contribution in [0.15, 0.2) is 60.2 Å². The van der Waals surface area contributed by atoms with Crippen LogP contribution in [0.5, 0.6) is 0 Å². The molecular weight excluding hydrogens is 390 g/mol. The molecule has 0 radical (unpaired) electrons. The predicted molar refractivity (Wildman–Crippen MR) is 107 cm³/mol. The highest BCUT2D eigenvalue weighted by molar-refractivity contribution is 6.08. The first-order valence-corrected chi connectivity index (χ1v) is 9.17. The van der Waals surface area contributed by atoms with Crippen molar-refractivity contribution in [1.82, 2.24) is 10.2 Å². The molecule has 154 valence electrons. The molecule has 3 amide bonds. The average Bonchev–Trinajstić information content (AvgIpc) is 2.73. The van der Waals surface area contributed by atoms with E-state index >= 15 is 0 Å². The smallest absolute Gasteiger partial charge is 0.338 e. The highest BCUT2D eigenvalue weighted by Gasteiger charge is 2.42. The van der Waals surface area contributed by atoms with Crippen molar-refractivity contribution in [3.63, 3.8) is 0 Å². The molecule has 0 bridgehead atoms. The third kappa shape index (κ3) is 3.90. The molecule has 9 heteroatoms. The number of hydrogen-bond donors (Lipinski definition) is 1. The number of esters is 1. The Balaban J connectivity index is 2.32. The third-order valence-electron chi connectivity index (χ3n) is 4.55. The van der Waals surface area contributed by atoms with Crippen molar-refractivity contribution in [2.24, 2.45) is 0 Å². The summed E-state index contributed by atoms with van der Waals surface area (Å²) in [6.45, 7) is 2.88. The Kier molecular flexibility index (Phi) is 5.91. The third-order valence-corrected chi connectivity index (χ3v) is 4.55. The number of non-ortho nitro benzene ring substituents is 1. The van der Waals surface area contributed by atoms with Gasteiger partial charge in [-0.3, -0.25) is 19.8 Å². The van der Waals surface area contributed by atoms with Gasteiger partial charge in [-0.1, -0.05) is 42.5 Å². The number of benzene rings is 2. The second-order valence-corrected chi connectivity index (χ2v) is 6.45. The summed E-state index contributed by atoms with van der Waals surface area (Å²) in [5, 5.41) is 13.9. The van der Waals surface area contributed by atoms with E-state index in [1.165, 1.54) is 31.2 Å². The summed E-state index contributed by atoms with van der Waals surface area (Å²) in [6, 6.07) is 12.2. The number of nitrogens with zero attached hydrogens (tertiary/aromatic N) is 2. The first-order chi connectivity index (χ1) is 14.3. The van der Waals surface area contributed by atoms with Crippen molar-refractivity contribution >= 4 is 29.3 Å². The van der Waals surface area contributed by atoms with E-state index < -0.39 is 28.9 Å². The molecule has 0 fully saturated rings. The second-order valence-electron chi connectivity index (χ2n) is 6.45. The molecular formula is C21H19N3O6. The molecule has 1 heterocycles. The van der Waals surface area contributed by atoms with Gasteiger partial charge in [-0.2, -0.15) is 0 Å². The van der Waals surface area contributed by atoms with Gasteiger partial charge in [-0.05, 0) is 18.1 Å². The predicted octanol–water partition coefficient (Wildman–Crippen LogP) is 3.18. The Hall–Kier alpha value is -4.01.